The molecular formula is C28H34N4O3. The number of carbonyl (C=O) groups excluding carboxylic acids is 1. The second-order valence-electron chi connectivity index (χ2n) is 9.48. The maximum absolute atomic E-state index is 12.9. The minimum atomic E-state index is -0.963. The molecular weight excluding hydrogens is 440 g/mol. The summed E-state index contributed by atoms with van der Waals surface area (Å²) < 4.78 is 1.87. The Morgan fingerprint density at radius 2 is 1.86 bits per heavy atom. The first-order chi connectivity index (χ1) is 17.0. The van der Waals surface area contributed by atoms with Crippen molar-refractivity contribution < 1.29 is 14.7 Å². The predicted octanol–water partition coefficient (Wildman–Crippen LogP) is 5.97. The third kappa shape index (κ3) is 6.41. The molecule has 2 aromatic heterocycles. The number of carboxylic acid groups (broad SMARTS) is 1. The Labute approximate surface area is 206 Å². The van der Waals surface area contributed by atoms with Crippen LogP contribution in [-0.4, -0.2) is 36.6 Å². The van der Waals surface area contributed by atoms with Gasteiger partial charge >= 0.3 is 5.97 Å². The smallest absolute Gasteiger partial charge is 0.336 e. The highest BCUT2D eigenvalue weighted by Gasteiger charge is 2.22. The van der Waals surface area contributed by atoms with E-state index in [4.69, 9.17) is 0 Å². The first-order valence-corrected chi connectivity index (χ1v) is 12.8. The number of benzene rings is 1. The minimum absolute atomic E-state index is 0.0426. The number of hydrogen-bond donors (Lipinski definition) is 1. The van der Waals surface area contributed by atoms with Gasteiger partial charge in [0.15, 0.2) is 0 Å². The fourth-order valence-electron chi connectivity index (χ4n) is 4.83. The Hall–Kier alpha value is -3.35. The molecule has 7 heteroatoms. The van der Waals surface area contributed by atoms with Gasteiger partial charge in [-0.2, -0.15) is 0 Å². The Bertz CT molecular complexity index is 1150. The molecule has 1 N–H and O–H groups in total. The van der Waals surface area contributed by atoms with Gasteiger partial charge in [-0.25, -0.2) is 14.5 Å². The Kier molecular flexibility index (Phi) is 8.40. The maximum Gasteiger partial charge on any atom is 0.336 e. The molecule has 184 valence electrons. The number of carbonyl (C=O) groups is 2. The number of ketones is 1. The molecule has 7 nitrogen and oxygen atoms in total. The van der Waals surface area contributed by atoms with E-state index < -0.39 is 5.97 Å². The molecule has 1 aliphatic rings. The van der Waals surface area contributed by atoms with E-state index in [1.807, 2.05) is 22.9 Å². The molecule has 35 heavy (non-hydrogen) atoms. The van der Waals surface area contributed by atoms with Crippen LogP contribution in [0.15, 0.2) is 42.6 Å². The summed E-state index contributed by atoms with van der Waals surface area (Å²) in [7, 11) is 0. The first kappa shape index (κ1) is 24.8. The molecule has 0 radical (unpaired) electrons. The second kappa shape index (κ2) is 11.9. The molecule has 0 unspecified atom stereocenters. The highest BCUT2D eigenvalue weighted by Crippen LogP contribution is 2.27. The summed E-state index contributed by atoms with van der Waals surface area (Å²) in [4.78, 5) is 33.7. The number of nitrogens with zero attached hydrogens (tertiary/aromatic N) is 4. The number of aromatic nitrogens is 4. The number of pyridine rings is 1. The largest absolute Gasteiger partial charge is 0.478 e. The lowest BCUT2D eigenvalue weighted by molar-refractivity contribution is 0.0697. The maximum atomic E-state index is 12.9. The van der Waals surface area contributed by atoms with E-state index in [-0.39, 0.29) is 11.3 Å². The highest BCUT2D eigenvalue weighted by molar-refractivity contribution is 5.95. The van der Waals surface area contributed by atoms with Crippen molar-refractivity contribution in [2.75, 3.05) is 0 Å². The lowest BCUT2D eigenvalue weighted by atomic mass is 9.86. The van der Waals surface area contributed by atoms with Crippen molar-refractivity contribution in [3.8, 4) is 11.1 Å². The standard InChI is InChI=1S/C28H34N4O3/c1-2-3-9-16-32-26(30-27(31-32)25(33)17-20-10-5-4-6-11-20)18-22-15-14-21(19-29-22)23-12-7-8-13-24(23)28(34)35/h7-8,12-15,19-20H,2-6,9-11,16-18H2,1H3,(H,34,35). The molecule has 1 aromatic carbocycles. The van der Waals surface area contributed by atoms with Gasteiger partial charge in [0, 0.05) is 36.8 Å². The molecule has 0 bridgehead atoms. The van der Waals surface area contributed by atoms with Crippen LogP contribution in [-0.2, 0) is 13.0 Å². The SMILES string of the molecule is CCCCCn1nc(C(=O)CC2CCCCC2)nc1Cc1ccc(-c2ccccc2C(=O)O)cn1. The van der Waals surface area contributed by atoms with Crippen LogP contribution in [0.3, 0.4) is 0 Å². The monoisotopic (exact) mass is 474 g/mol. The first-order valence-electron chi connectivity index (χ1n) is 12.8. The molecule has 0 spiro atoms. The van der Waals surface area contributed by atoms with Crippen molar-refractivity contribution in [2.24, 2.45) is 5.92 Å². The Morgan fingerprint density at radius 3 is 2.57 bits per heavy atom. The normalized spacial score (nSPS) is 14.2. The predicted molar refractivity (Wildman–Crippen MR) is 135 cm³/mol. The van der Waals surface area contributed by atoms with Crippen molar-refractivity contribution in [1.29, 1.82) is 0 Å². The molecule has 3 aromatic rings. The van der Waals surface area contributed by atoms with E-state index in [9.17, 15) is 14.7 Å². The third-order valence-corrected chi connectivity index (χ3v) is 6.80. The molecule has 4 rings (SSSR count). The van der Waals surface area contributed by atoms with Crippen LogP contribution in [0, 0.1) is 5.92 Å². The number of Topliss-reactive ketones (excluding diaryl/α,β-unsaturated/α-hetero) is 1. The summed E-state index contributed by atoms with van der Waals surface area (Å²) in [5.41, 5.74) is 2.44. The highest BCUT2D eigenvalue weighted by atomic mass is 16.4. The van der Waals surface area contributed by atoms with Gasteiger partial charge in [-0.15, -0.1) is 5.10 Å². The van der Waals surface area contributed by atoms with Crippen LogP contribution in [0.2, 0.25) is 0 Å². The lowest BCUT2D eigenvalue weighted by Gasteiger charge is -2.19. The van der Waals surface area contributed by atoms with Crippen LogP contribution in [0.4, 0.5) is 0 Å². The second-order valence-corrected chi connectivity index (χ2v) is 9.48. The molecule has 0 atom stereocenters. The van der Waals surface area contributed by atoms with Crippen LogP contribution >= 0.6 is 0 Å². The zero-order valence-electron chi connectivity index (χ0n) is 20.4. The van der Waals surface area contributed by atoms with Crippen molar-refractivity contribution in [3.05, 3.63) is 65.5 Å². The fraction of sp³-hybridized carbons (Fsp3) is 0.464. The summed E-state index contributed by atoms with van der Waals surface area (Å²) in [6.45, 7) is 2.90. The van der Waals surface area contributed by atoms with Crippen molar-refractivity contribution in [2.45, 2.75) is 77.7 Å². The zero-order chi connectivity index (χ0) is 24.6. The van der Waals surface area contributed by atoms with Crippen LogP contribution in [0.25, 0.3) is 11.1 Å². The number of aromatic carboxylic acids is 1. The van der Waals surface area contributed by atoms with Crippen LogP contribution in [0.5, 0.6) is 0 Å². The zero-order valence-corrected chi connectivity index (χ0v) is 20.4. The van der Waals surface area contributed by atoms with Gasteiger partial charge in [0.25, 0.3) is 0 Å². The van der Waals surface area contributed by atoms with E-state index >= 15 is 0 Å². The number of hydrogen-bond acceptors (Lipinski definition) is 5. The number of carboxylic acids is 1. The lowest BCUT2D eigenvalue weighted by Crippen LogP contribution is -2.13. The van der Waals surface area contributed by atoms with Crippen LogP contribution in [0.1, 0.15) is 97.2 Å². The van der Waals surface area contributed by atoms with E-state index in [1.54, 1.807) is 24.4 Å². The van der Waals surface area contributed by atoms with Gasteiger partial charge in [-0.3, -0.25) is 9.78 Å². The summed E-state index contributed by atoms with van der Waals surface area (Å²) in [6.07, 6.45) is 11.8. The van der Waals surface area contributed by atoms with E-state index in [0.29, 0.717) is 30.1 Å². The fourth-order valence-corrected chi connectivity index (χ4v) is 4.83. The van der Waals surface area contributed by atoms with E-state index in [0.717, 1.165) is 55.7 Å². The minimum Gasteiger partial charge on any atom is -0.478 e. The van der Waals surface area contributed by atoms with Gasteiger partial charge in [0.2, 0.25) is 11.6 Å². The average molecular weight is 475 g/mol. The molecule has 1 saturated carbocycles. The van der Waals surface area contributed by atoms with Gasteiger partial charge in [0.1, 0.15) is 5.82 Å². The van der Waals surface area contributed by atoms with E-state index in [2.05, 4.69) is 22.0 Å². The Balaban J connectivity index is 1.52. The summed E-state index contributed by atoms with van der Waals surface area (Å²) in [5, 5.41) is 14.1. The van der Waals surface area contributed by atoms with Gasteiger partial charge < -0.3 is 5.11 Å². The quantitative estimate of drug-likeness (QED) is 0.271. The van der Waals surface area contributed by atoms with Gasteiger partial charge in [-0.05, 0) is 30.0 Å². The van der Waals surface area contributed by atoms with Crippen molar-refractivity contribution in [1.82, 2.24) is 19.7 Å². The summed E-state index contributed by atoms with van der Waals surface area (Å²) in [5.74, 6) is 0.610. The van der Waals surface area contributed by atoms with Crippen molar-refractivity contribution >= 4 is 11.8 Å². The third-order valence-electron chi connectivity index (χ3n) is 6.80. The molecule has 1 aliphatic carbocycles. The molecule has 2 heterocycles. The van der Waals surface area contributed by atoms with Crippen molar-refractivity contribution in [3.63, 3.8) is 0 Å². The number of unbranched alkanes of at least 4 members (excludes halogenated alkanes) is 2. The summed E-state index contributed by atoms with van der Waals surface area (Å²) >= 11 is 0. The van der Waals surface area contributed by atoms with Crippen LogP contribution < -0.4 is 0 Å². The molecule has 0 saturated heterocycles. The molecule has 0 amide bonds. The molecule has 0 aliphatic heterocycles. The Morgan fingerprint density at radius 1 is 1.06 bits per heavy atom. The molecule has 1 fully saturated rings. The topological polar surface area (TPSA) is 98.0 Å². The number of aryl methyl sites for hydroxylation is 1. The average Bonchev–Trinajstić information content (AvgIpc) is 3.28. The number of rotatable bonds is 11. The summed E-state index contributed by atoms with van der Waals surface area (Å²) in [6, 6.07) is 10.7. The van der Waals surface area contributed by atoms with Gasteiger partial charge in [-0.1, -0.05) is 76.1 Å². The van der Waals surface area contributed by atoms with Gasteiger partial charge in [0.05, 0.1) is 5.56 Å². The van der Waals surface area contributed by atoms with E-state index in [1.165, 1.54) is 19.3 Å².